The van der Waals surface area contributed by atoms with Crippen LogP contribution in [0.5, 0.6) is 11.5 Å². The third-order valence-corrected chi connectivity index (χ3v) is 4.83. The van der Waals surface area contributed by atoms with E-state index in [9.17, 15) is 5.11 Å². The second-order valence-electron chi connectivity index (χ2n) is 6.02. The van der Waals surface area contributed by atoms with Gasteiger partial charge in [-0.3, -0.25) is 4.90 Å². The highest BCUT2D eigenvalue weighted by atomic mass is 16.5. The molecule has 2 unspecified atom stereocenters. The van der Waals surface area contributed by atoms with E-state index >= 15 is 0 Å². The molecule has 5 heteroatoms. The predicted molar refractivity (Wildman–Crippen MR) is 78.8 cm³/mol. The second-order valence-corrected chi connectivity index (χ2v) is 6.02. The van der Waals surface area contributed by atoms with Crippen LogP contribution in [0.25, 0.3) is 0 Å². The van der Waals surface area contributed by atoms with E-state index in [0.717, 1.165) is 11.3 Å². The third kappa shape index (κ3) is 2.50. The van der Waals surface area contributed by atoms with Crippen molar-refractivity contribution < 1.29 is 19.3 Å². The van der Waals surface area contributed by atoms with Crippen LogP contribution in [0, 0.1) is 0 Å². The molecule has 2 atom stereocenters. The molecule has 0 aliphatic carbocycles. The molecule has 2 aliphatic rings. The third-order valence-electron chi connectivity index (χ3n) is 4.83. The molecule has 1 N–H and O–H groups in total. The summed E-state index contributed by atoms with van der Waals surface area (Å²) in [6.07, 6.45) is 1.31. The number of aliphatic hydroxyl groups is 1. The Kier molecular flexibility index (Phi) is 3.82. The number of fused-ring (bicyclic) bond motifs is 2. The number of nitrogens with zero attached hydrogens (tertiary/aromatic N) is 1. The first kappa shape index (κ1) is 14.6. The Labute approximate surface area is 125 Å². The summed E-state index contributed by atoms with van der Waals surface area (Å²) in [5.74, 6) is 1.41. The number of rotatable bonds is 3. The molecule has 116 valence electrons. The predicted octanol–water partition coefficient (Wildman–Crippen LogP) is 1.38. The molecule has 1 aromatic carbocycles. The van der Waals surface area contributed by atoms with Crippen molar-refractivity contribution in [2.24, 2.45) is 0 Å². The molecule has 1 aromatic rings. The lowest BCUT2D eigenvalue weighted by Crippen LogP contribution is -2.59. The number of piperidine rings is 1. The fraction of sp³-hybridized carbons (Fsp3) is 0.625. The molecule has 2 heterocycles. The van der Waals surface area contributed by atoms with Crippen molar-refractivity contribution in [1.29, 1.82) is 0 Å². The molecule has 21 heavy (non-hydrogen) atoms. The summed E-state index contributed by atoms with van der Waals surface area (Å²) in [4.78, 5) is 2.33. The normalized spacial score (nSPS) is 32.8. The van der Waals surface area contributed by atoms with Gasteiger partial charge in [-0.25, -0.2) is 0 Å². The van der Waals surface area contributed by atoms with Gasteiger partial charge in [0.05, 0.1) is 33.0 Å². The molecule has 0 radical (unpaired) electrons. The van der Waals surface area contributed by atoms with Gasteiger partial charge in [0.25, 0.3) is 0 Å². The van der Waals surface area contributed by atoms with E-state index in [1.165, 1.54) is 0 Å². The molecule has 2 aliphatic heterocycles. The Morgan fingerprint density at radius 1 is 1.19 bits per heavy atom. The minimum atomic E-state index is -0.872. The van der Waals surface area contributed by atoms with E-state index in [-0.39, 0.29) is 12.1 Å². The van der Waals surface area contributed by atoms with Crippen LogP contribution in [0.3, 0.4) is 0 Å². The number of likely N-dealkylation sites (N-methyl/N-ethyl adjacent to an activating group) is 1. The topological polar surface area (TPSA) is 51.2 Å². The SMILES string of the molecule is COc1ccc(C2(O)CC3COCC(C2)N3C)c(OC)c1. The molecule has 2 saturated heterocycles. The van der Waals surface area contributed by atoms with E-state index in [1.54, 1.807) is 14.2 Å². The van der Waals surface area contributed by atoms with Gasteiger partial charge in [-0.15, -0.1) is 0 Å². The van der Waals surface area contributed by atoms with Gasteiger partial charge in [-0.1, -0.05) is 0 Å². The van der Waals surface area contributed by atoms with Crippen molar-refractivity contribution in [3.8, 4) is 11.5 Å². The smallest absolute Gasteiger partial charge is 0.128 e. The minimum Gasteiger partial charge on any atom is -0.497 e. The maximum Gasteiger partial charge on any atom is 0.128 e. The first-order chi connectivity index (χ1) is 10.1. The van der Waals surface area contributed by atoms with E-state index < -0.39 is 5.60 Å². The average Bonchev–Trinajstić information content (AvgIpc) is 2.48. The Hall–Kier alpha value is -1.30. The van der Waals surface area contributed by atoms with E-state index in [1.807, 2.05) is 18.2 Å². The summed E-state index contributed by atoms with van der Waals surface area (Å²) in [5.41, 5.74) is -0.0285. The lowest BCUT2D eigenvalue weighted by atomic mass is 9.76. The molecule has 5 nitrogen and oxygen atoms in total. The molecule has 0 spiro atoms. The van der Waals surface area contributed by atoms with Crippen molar-refractivity contribution in [3.63, 3.8) is 0 Å². The first-order valence-electron chi connectivity index (χ1n) is 7.32. The van der Waals surface area contributed by atoms with Crippen LogP contribution in [0.15, 0.2) is 18.2 Å². The number of ether oxygens (including phenoxy) is 3. The standard InChI is InChI=1S/C16H23NO4/c1-17-11-7-16(18,8-12(17)10-21-9-11)14-5-4-13(19-2)6-15(14)20-3/h4-6,11-12,18H,7-10H2,1-3H3. The number of hydrogen-bond donors (Lipinski definition) is 1. The fourth-order valence-corrected chi connectivity index (χ4v) is 3.55. The summed E-state index contributed by atoms with van der Waals surface area (Å²) in [7, 11) is 5.36. The van der Waals surface area contributed by atoms with Crippen LogP contribution >= 0.6 is 0 Å². The monoisotopic (exact) mass is 293 g/mol. The Morgan fingerprint density at radius 2 is 1.86 bits per heavy atom. The summed E-state index contributed by atoms with van der Waals surface area (Å²) >= 11 is 0. The fourth-order valence-electron chi connectivity index (χ4n) is 3.55. The molecule has 0 aromatic heterocycles. The lowest BCUT2D eigenvalue weighted by molar-refractivity contribution is -0.138. The maximum atomic E-state index is 11.2. The quantitative estimate of drug-likeness (QED) is 0.912. The molecule has 2 fully saturated rings. The zero-order valence-corrected chi connectivity index (χ0v) is 12.8. The van der Waals surface area contributed by atoms with Gasteiger partial charge in [-0.05, 0) is 32.0 Å². The van der Waals surface area contributed by atoms with Gasteiger partial charge in [0.15, 0.2) is 0 Å². The second kappa shape index (κ2) is 5.48. The summed E-state index contributed by atoms with van der Waals surface area (Å²) < 4.78 is 16.3. The van der Waals surface area contributed by atoms with Crippen LogP contribution in [0.1, 0.15) is 18.4 Å². The van der Waals surface area contributed by atoms with Crippen LogP contribution in [0.4, 0.5) is 0 Å². The van der Waals surface area contributed by atoms with E-state index in [4.69, 9.17) is 14.2 Å². The number of methoxy groups -OCH3 is 2. The highest BCUT2D eigenvalue weighted by Crippen LogP contribution is 2.44. The van der Waals surface area contributed by atoms with Gasteiger partial charge in [-0.2, -0.15) is 0 Å². The number of morpholine rings is 1. The van der Waals surface area contributed by atoms with Gasteiger partial charge < -0.3 is 19.3 Å². The highest BCUT2D eigenvalue weighted by Gasteiger charge is 2.46. The lowest BCUT2D eigenvalue weighted by Gasteiger charge is -2.50. The Morgan fingerprint density at radius 3 is 2.43 bits per heavy atom. The van der Waals surface area contributed by atoms with Crippen molar-refractivity contribution in [2.75, 3.05) is 34.5 Å². The zero-order chi connectivity index (χ0) is 15.0. The maximum absolute atomic E-state index is 11.2. The van der Waals surface area contributed by atoms with E-state index in [0.29, 0.717) is 31.8 Å². The van der Waals surface area contributed by atoms with Crippen LogP contribution in [-0.2, 0) is 10.3 Å². The zero-order valence-electron chi connectivity index (χ0n) is 12.8. The van der Waals surface area contributed by atoms with Gasteiger partial charge in [0.2, 0.25) is 0 Å². The van der Waals surface area contributed by atoms with Crippen molar-refractivity contribution in [3.05, 3.63) is 23.8 Å². The van der Waals surface area contributed by atoms with Gasteiger partial charge >= 0.3 is 0 Å². The largest absolute Gasteiger partial charge is 0.497 e. The highest BCUT2D eigenvalue weighted by molar-refractivity contribution is 5.44. The summed E-state index contributed by atoms with van der Waals surface area (Å²) in [6, 6.07) is 6.11. The molecule has 0 saturated carbocycles. The number of hydrogen-bond acceptors (Lipinski definition) is 5. The van der Waals surface area contributed by atoms with Crippen LogP contribution < -0.4 is 9.47 Å². The number of benzene rings is 1. The Balaban J connectivity index is 1.95. The molecular formula is C16H23NO4. The van der Waals surface area contributed by atoms with Crippen molar-refractivity contribution in [2.45, 2.75) is 30.5 Å². The van der Waals surface area contributed by atoms with Gasteiger partial charge in [0, 0.05) is 23.7 Å². The van der Waals surface area contributed by atoms with E-state index in [2.05, 4.69) is 11.9 Å². The summed E-state index contributed by atoms with van der Waals surface area (Å²) in [6.45, 7) is 1.35. The van der Waals surface area contributed by atoms with Crippen LogP contribution in [0.2, 0.25) is 0 Å². The molecular weight excluding hydrogens is 270 g/mol. The average molecular weight is 293 g/mol. The van der Waals surface area contributed by atoms with Crippen molar-refractivity contribution >= 4 is 0 Å². The van der Waals surface area contributed by atoms with Crippen LogP contribution in [-0.4, -0.2) is 56.6 Å². The first-order valence-corrected chi connectivity index (χ1v) is 7.32. The molecule has 2 bridgehead atoms. The Bertz CT molecular complexity index is 505. The molecule has 0 amide bonds. The van der Waals surface area contributed by atoms with Gasteiger partial charge in [0.1, 0.15) is 11.5 Å². The molecule has 3 rings (SSSR count). The minimum absolute atomic E-state index is 0.245. The summed E-state index contributed by atoms with van der Waals surface area (Å²) in [5, 5.41) is 11.2. The van der Waals surface area contributed by atoms with Crippen molar-refractivity contribution in [1.82, 2.24) is 4.90 Å².